The molecule has 0 aromatic heterocycles. The van der Waals surface area contributed by atoms with Crippen molar-refractivity contribution >= 4 is 23.2 Å². The predicted molar refractivity (Wildman–Crippen MR) is 105 cm³/mol. The quantitative estimate of drug-likeness (QED) is 0.740. The van der Waals surface area contributed by atoms with E-state index < -0.39 is 12.6 Å². The Morgan fingerprint density at radius 1 is 1.11 bits per heavy atom. The molecule has 1 aliphatic rings. The first kappa shape index (κ1) is 21.8. The van der Waals surface area contributed by atoms with Crippen LogP contribution in [-0.2, 0) is 0 Å². The average molecular weight is 403 g/mol. The SMILES string of the molecule is CCOc1ccc2ccccc2c1[C@H](CCC(F)(F)F)N1CCNCC1.Cl. The van der Waals surface area contributed by atoms with Crippen LogP contribution >= 0.6 is 12.4 Å². The van der Waals surface area contributed by atoms with E-state index in [4.69, 9.17) is 4.74 Å². The minimum absolute atomic E-state index is 0. The lowest BCUT2D eigenvalue weighted by molar-refractivity contribution is -0.138. The maximum Gasteiger partial charge on any atom is 0.389 e. The predicted octanol–water partition coefficient (Wildman–Crippen LogP) is 4.95. The van der Waals surface area contributed by atoms with E-state index >= 15 is 0 Å². The van der Waals surface area contributed by atoms with Crippen molar-refractivity contribution in [3.63, 3.8) is 0 Å². The largest absolute Gasteiger partial charge is 0.494 e. The minimum Gasteiger partial charge on any atom is -0.494 e. The summed E-state index contributed by atoms with van der Waals surface area (Å²) in [4.78, 5) is 2.16. The van der Waals surface area contributed by atoms with E-state index in [1.165, 1.54) is 0 Å². The van der Waals surface area contributed by atoms with Crippen molar-refractivity contribution in [1.29, 1.82) is 0 Å². The standard InChI is InChI=1S/C20H25F3N2O.ClH/c1-2-26-18-8-7-15-5-3-4-6-16(15)19(18)17(9-10-20(21,22)23)25-13-11-24-12-14-25;/h3-8,17,24H,2,9-14H2,1H3;1H/t17-;/m0./s1. The van der Waals surface area contributed by atoms with Crippen molar-refractivity contribution in [2.75, 3.05) is 32.8 Å². The second-order valence-electron chi connectivity index (χ2n) is 6.59. The third kappa shape index (κ3) is 5.50. The molecular formula is C20H26ClF3N2O. The summed E-state index contributed by atoms with van der Waals surface area (Å²) in [7, 11) is 0. The minimum atomic E-state index is -4.16. The van der Waals surface area contributed by atoms with Crippen molar-refractivity contribution < 1.29 is 17.9 Å². The van der Waals surface area contributed by atoms with E-state index in [0.717, 1.165) is 42.5 Å². The summed E-state index contributed by atoms with van der Waals surface area (Å²) >= 11 is 0. The molecule has 1 aliphatic heterocycles. The lowest BCUT2D eigenvalue weighted by atomic mass is 9.93. The van der Waals surface area contributed by atoms with Gasteiger partial charge in [-0.3, -0.25) is 4.90 Å². The van der Waals surface area contributed by atoms with Crippen LogP contribution in [0.4, 0.5) is 13.2 Å². The molecule has 3 rings (SSSR count). The molecule has 0 aliphatic carbocycles. The first-order valence-corrected chi connectivity index (χ1v) is 9.15. The molecule has 1 saturated heterocycles. The van der Waals surface area contributed by atoms with Gasteiger partial charge in [0, 0.05) is 44.2 Å². The number of hydrogen-bond acceptors (Lipinski definition) is 3. The Morgan fingerprint density at radius 3 is 2.48 bits per heavy atom. The zero-order valence-electron chi connectivity index (χ0n) is 15.4. The maximum atomic E-state index is 13.0. The van der Waals surface area contributed by atoms with Crippen LogP contribution in [0.2, 0.25) is 0 Å². The highest BCUT2D eigenvalue weighted by Gasteiger charge is 2.33. The third-order valence-electron chi connectivity index (χ3n) is 4.86. The number of halogens is 4. The number of piperazine rings is 1. The first-order valence-electron chi connectivity index (χ1n) is 9.15. The van der Waals surface area contributed by atoms with Crippen molar-refractivity contribution in [2.45, 2.75) is 32.0 Å². The highest BCUT2D eigenvalue weighted by molar-refractivity contribution is 5.88. The summed E-state index contributed by atoms with van der Waals surface area (Å²) in [5.41, 5.74) is 0.885. The van der Waals surface area contributed by atoms with Gasteiger partial charge in [-0.15, -0.1) is 12.4 Å². The normalized spacial score (nSPS) is 16.7. The molecule has 0 radical (unpaired) electrons. The molecule has 1 heterocycles. The van der Waals surface area contributed by atoms with Crippen LogP contribution in [0.25, 0.3) is 10.8 Å². The monoisotopic (exact) mass is 402 g/mol. The van der Waals surface area contributed by atoms with Crippen LogP contribution in [0, 0.1) is 0 Å². The van der Waals surface area contributed by atoms with Gasteiger partial charge in [0.1, 0.15) is 5.75 Å². The molecule has 1 N–H and O–H groups in total. The summed E-state index contributed by atoms with van der Waals surface area (Å²) in [5.74, 6) is 0.692. The number of nitrogens with one attached hydrogen (secondary N) is 1. The van der Waals surface area contributed by atoms with E-state index in [9.17, 15) is 13.2 Å². The molecule has 1 atom stereocenters. The number of alkyl halides is 3. The number of ether oxygens (including phenoxy) is 1. The molecule has 2 aromatic rings. The van der Waals surface area contributed by atoms with E-state index in [1.807, 2.05) is 43.3 Å². The molecule has 1 fully saturated rings. The van der Waals surface area contributed by atoms with Gasteiger partial charge in [-0.2, -0.15) is 13.2 Å². The Labute approximate surface area is 164 Å². The van der Waals surface area contributed by atoms with Crippen LogP contribution < -0.4 is 10.1 Å². The number of fused-ring (bicyclic) bond motifs is 1. The molecule has 2 aromatic carbocycles. The molecule has 0 saturated carbocycles. The Kier molecular flexibility index (Phi) is 7.77. The highest BCUT2D eigenvalue weighted by atomic mass is 35.5. The van der Waals surface area contributed by atoms with Crippen LogP contribution in [0.5, 0.6) is 5.75 Å². The Hall–Kier alpha value is -1.50. The van der Waals surface area contributed by atoms with Gasteiger partial charge < -0.3 is 10.1 Å². The van der Waals surface area contributed by atoms with Gasteiger partial charge in [-0.1, -0.05) is 30.3 Å². The van der Waals surface area contributed by atoms with Crippen LogP contribution in [0.15, 0.2) is 36.4 Å². The van der Waals surface area contributed by atoms with Gasteiger partial charge in [0.2, 0.25) is 0 Å². The summed E-state index contributed by atoms with van der Waals surface area (Å²) in [6.07, 6.45) is -4.92. The summed E-state index contributed by atoms with van der Waals surface area (Å²) in [5, 5.41) is 5.28. The zero-order chi connectivity index (χ0) is 18.6. The van der Waals surface area contributed by atoms with Crippen molar-refractivity contribution in [3.8, 4) is 5.75 Å². The molecule has 0 unspecified atom stereocenters. The highest BCUT2D eigenvalue weighted by Crippen LogP contribution is 2.40. The average Bonchev–Trinajstić information content (AvgIpc) is 2.63. The first-order chi connectivity index (χ1) is 12.5. The topological polar surface area (TPSA) is 24.5 Å². The van der Waals surface area contributed by atoms with Gasteiger partial charge in [0.25, 0.3) is 0 Å². The Balaban J connectivity index is 0.00000261. The lowest BCUT2D eigenvalue weighted by Crippen LogP contribution is -2.45. The van der Waals surface area contributed by atoms with Crippen molar-refractivity contribution in [2.24, 2.45) is 0 Å². The van der Waals surface area contributed by atoms with Crippen LogP contribution in [0.3, 0.4) is 0 Å². The fraction of sp³-hybridized carbons (Fsp3) is 0.500. The van der Waals surface area contributed by atoms with Gasteiger partial charge in [0.15, 0.2) is 0 Å². The molecule has 27 heavy (non-hydrogen) atoms. The number of benzene rings is 2. The summed E-state index contributed by atoms with van der Waals surface area (Å²) in [6.45, 7) is 5.43. The summed E-state index contributed by atoms with van der Waals surface area (Å²) in [6, 6.07) is 11.4. The van der Waals surface area contributed by atoms with Gasteiger partial charge in [-0.05, 0) is 30.2 Å². The van der Waals surface area contributed by atoms with E-state index in [-0.39, 0.29) is 24.9 Å². The number of nitrogens with zero attached hydrogens (tertiary/aromatic N) is 1. The molecular weight excluding hydrogens is 377 g/mol. The van der Waals surface area contributed by atoms with E-state index in [0.29, 0.717) is 12.4 Å². The maximum absolute atomic E-state index is 13.0. The van der Waals surface area contributed by atoms with Crippen molar-refractivity contribution in [3.05, 3.63) is 42.0 Å². The van der Waals surface area contributed by atoms with E-state index in [2.05, 4.69) is 10.2 Å². The van der Waals surface area contributed by atoms with Gasteiger partial charge in [0.05, 0.1) is 6.61 Å². The van der Waals surface area contributed by atoms with Crippen LogP contribution in [0.1, 0.15) is 31.4 Å². The second kappa shape index (κ2) is 9.62. The molecule has 3 nitrogen and oxygen atoms in total. The van der Waals surface area contributed by atoms with Gasteiger partial charge in [-0.25, -0.2) is 0 Å². The zero-order valence-corrected chi connectivity index (χ0v) is 16.2. The molecule has 0 spiro atoms. The molecule has 0 bridgehead atoms. The Morgan fingerprint density at radius 2 is 1.81 bits per heavy atom. The van der Waals surface area contributed by atoms with Crippen LogP contribution in [-0.4, -0.2) is 43.9 Å². The van der Waals surface area contributed by atoms with Crippen molar-refractivity contribution in [1.82, 2.24) is 10.2 Å². The van der Waals surface area contributed by atoms with E-state index in [1.54, 1.807) is 0 Å². The number of rotatable bonds is 6. The Bertz CT molecular complexity index is 733. The van der Waals surface area contributed by atoms with Gasteiger partial charge >= 0.3 is 6.18 Å². The molecule has 7 heteroatoms. The lowest BCUT2D eigenvalue weighted by Gasteiger charge is -2.36. The smallest absolute Gasteiger partial charge is 0.389 e. The number of hydrogen-bond donors (Lipinski definition) is 1. The fourth-order valence-electron chi connectivity index (χ4n) is 3.70. The molecule has 150 valence electrons. The third-order valence-corrected chi connectivity index (χ3v) is 4.86. The molecule has 0 amide bonds. The fourth-order valence-corrected chi connectivity index (χ4v) is 3.70. The summed E-state index contributed by atoms with van der Waals surface area (Å²) < 4.78 is 44.8. The second-order valence-corrected chi connectivity index (χ2v) is 6.59.